The zero-order valence-corrected chi connectivity index (χ0v) is 10.6. The zero-order chi connectivity index (χ0) is 13.7. The quantitative estimate of drug-likeness (QED) is 0.823. The first-order valence-electron chi connectivity index (χ1n) is 5.94. The molecule has 1 aromatic heterocycles. The summed E-state index contributed by atoms with van der Waals surface area (Å²) in [5, 5.41) is 3.14. The number of nitrogens with one attached hydrogen (secondary N) is 1. The minimum atomic E-state index is -0.339. The number of esters is 1. The Morgan fingerprint density at radius 1 is 1.42 bits per heavy atom. The molecule has 5 nitrogen and oxygen atoms in total. The van der Waals surface area contributed by atoms with Crippen LogP contribution in [0.2, 0.25) is 0 Å². The number of hydrogen-bond acceptors (Lipinski definition) is 5. The average molecular weight is 257 g/mol. The number of ether oxygens (including phenoxy) is 1. The summed E-state index contributed by atoms with van der Waals surface area (Å²) in [6.45, 7) is 2.13. The normalized spacial score (nSPS) is 9.95. The SMILES string of the molecule is CCOC(=O)c1cccc(Nc2ccncc2N)c1. The number of hydrogen-bond donors (Lipinski definition) is 2. The van der Waals surface area contributed by atoms with Crippen LogP contribution in [0.15, 0.2) is 42.7 Å². The molecule has 0 unspecified atom stereocenters. The summed E-state index contributed by atoms with van der Waals surface area (Å²) in [7, 11) is 0. The van der Waals surface area contributed by atoms with E-state index in [9.17, 15) is 4.79 Å². The van der Waals surface area contributed by atoms with E-state index in [1.807, 2.05) is 6.07 Å². The fourth-order valence-electron chi connectivity index (χ4n) is 1.61. The van der Waals surface area contributed by atoms with E-state index < -0.39 is 0 Å². The zero-order valence-electron chi connectivity index (χ0n) is 10.6. The van der Waals surface area contributed by atoms with Crippen molar-refractivity contribution in [3.8, 4) is 0 Å². The van der Waals surface area contributed by atoms with Gasteiger partial charge in [0, 0.05) is 11.9 Å². The van der Waals surface area contributed by atoms with Crippen molar-refractivity contribution in [1.29, 1.82) is 0 Å². The molecule has 0 saturated heterocycles. The lowest BCUT2D eigenvalue weighted by Gasteiger charge is -2.09. The Kier molecular flexibility index (Phi) is 3.97. The van der Waals surface area contributed by atoms with Crippen molar-refractivity contribution in [2.75, 3.05) is 17.7 Å². The molecule has 0 atom stereocenters. The molecule has 19 heavy (non-hydrogen) atoms. The smallest absolute Gasteiger partial charge is 0.338 e. The van der Waals surface area contributed by atoms with Gasteiger partial charge >= 0.3 is 5.97 Å². The van der Waals surface area contributed by atoms with Gasteiger partial charge in [-0.05, 0) is 31.2 Å². The van der Waals surface area contributed by atoms with Crippen molar-refractivity contribution >= 4 is 23.0 Å². The third-order valence-electron chi connectivity index (χ3n) is 2.50. The van der Waals surface area contributed by atoms with E-state index in [4.69, 9.17) is 10.5 Å². The molecule has 2 aromatic rings. The third-order valence-corrected chi connectivity index (χ3v) is 2.50. The maximum absolute atomic E-state index is 11.6. The third kappa shape index (κ3) is 3.22. The standard InChI is InChI=1S/C14H15N3O2/c1-2-19-14(18)10-4-3-5-11(8-10)17-13-6-7-16-9-12(13)15/h3-9H,2,15H2,1H3,(H,16,17). The first-order valence-corrected chi connectivity index (χ1v) is 5.94. The fraction of sp³-hybridized carbons (Fsp3) is 0.143. The van der Waals surface area contributed by atoms with E-state index in [0.29, 0.717) is 17.9 Å². The lowest BCUT2D eigenvalue weighted by molar-refractivity contribution is 0.0526. The van der Waals surface area contributed by atoms with Crippen LogP contribution < -0.4 is 11.1 Å². The van der Waals surface area contributed by atoms with Gasteiger partial charge in [0.15, 0.2) is 0 Å². The molecule has 0 spiro atoms. The van der Waals surface area contributed by atoms with Gasteiger partial charge in [-0.1, -0.05) is 6.07 Å². The van der Waals surface area contributed by atoms with E-state index in [1.165, 1.54) is 0 Å². The molecule has 5 heteroatoms. The van der Waals surface area contributed by atoms with Crippen LogP contribution in [0.5, 0.6) is 0 Å². The predicted molar refractivity (Wildman–Crippen MR) is 74.3 cm³/mol. The van der Waals surface area contributed by atoms with Crippen LogP contribution >= 0.6 is 0 Å². The number of aromatic nitrogens is 1. The highest BCUT2D eigenvalue weighted by atomic mass is 16.5. The molecule has 2 rings (SSSR count). The van der Waals surface area contributed by atoms with Gasteiger partial charge in [0.25, 0.3) is 0 Å². The van der Waals surface area contributed by atoms with Crippen LogP contribution in [-0.4, -0.2) is 17.6 Å². The molecule has 0 saturated carbocycles. The van der Waals surface area contributed by atoms with Gasteiger partial charge in [0.2, 0.25) is 0 Å². The molecule has 0 aliphatic carbocycles. The Morgan fingerprint density at radius 2 is 2.26 bits per heavy atom. The number of nitrogens with two attached hydrogens (primary N) is 1. The largest absolute Gasteiger partial charge is 0.462 e. The molecule has 0 radical (unpaired) electrons. The molecule has 0 aliphatic rings. The minimum absolute atomic E-state index is 0.339. The Balaban J connectivity index is 2.20. The maximum Gasteiger partial charge on any atom is 0.338 e. The van der Waals surface area contributed by atoms with Gasteiger partial charge in [0.05, 0.1) is 29.7 Å². The summed E-state index contributed by atoms with van der Waals surface area (Å²) in [6.07, 6.45) is 3.21. The second-order valence-corrected chi connectivity index (χ2v) is 3.89. The Bertz CT molecular complexity index is 584. The second-order valence-electron chi connectivity index (χ2n) is 3.89. The van der Waals surface area contributed by atoms with Gasteiger partial charge in [-0.15, -0.1) is 0 Å². The van der Waals surface area contributed by atoms with Crippen LogP contribution in [0, 0.1) is 0 Å². The number of carbonyl (C=O) groups is 1. The molecule has 1 aromatic carbocycles. The monoisotopic (exact) mass is 257 g/mol. The van der Waals surface area contributed by atoms with Gasteiger partial charge in [-0.2, -0.15) is 0 Å². The predicted octanol–water partition coefficient (Wildman–Crippen LogP) is 2.58. The molecule has 0 aliphatic heterocycles. The molecule has 1 heterocycles. The van der Waals surface area contributed by atoms with Crippen molar-refractivity contribution in [3.63, 3.8) is 0 Å². The summed E-state index contributed by atoms with van der Waals surface area (Å²) in [5.41, 5.74) is 8.36. The first kappa shape index (κ1) is 12.9. The van der Waals surface area contributed by atoms with Gasteiger partial charge < -0.3 is 15.8 Å². The summed E-state index contributed by atoms with van der Waals surface area (Å²) >= 11 is 0. The van der Waals surface area contributed by atoms with Gasteiger partial charge in [-0.25, -0.2) is 4.79 Å². The summed E-state index contributed by atoms with van der Waals surface area (Å²) in [6, 6.07) is 8.83. The molecule has 0 amide bonds. The summed E-state index contributed by atoms with van der Waals surface area (Å²) in [4.78, 5) is 15.5. The molecule has 3 N–H and O–H groups in total. The number of rotatable bonds is 4. The number of anilines is 3. The molecular weight excluding hydrogens is 242 g/mol. The van der Waals surface area contributed by atoms with Crippen molar-refractivity contribution in [2.45, 2.75) is 6.92 Å². The first-order chi connectivity index (χ1) is 9.20. The second kappa shape index (κ2) is 5.86. The average Bonchev–Trinajstić information content (AvgIpc) is 2.42. The lowest BCUT2D eigenvalue weighted by Crippen LogP contribution is -2.05. The number of nitrogen functional groups attached to an aromatic ring is 1. The fourth-order valence-corrected chi connectivity index (χ4v) is 1.61. The number of carbonyl (C=O) groups excluding carboxylic acids is 1. The Labute approximate surface area is 111 Å². The number of pyridine rings is 1. The van der Waals surface area contributed by atoms with E-state index >= 15 is 0 Å². The molecule has 98 valence electrons. The topological polar surface area (TPSA) is 77.2 Å². The van der Waals surface area contributed by atoms with E-state index in [-0.39, 0.29) is 5.97 Å². The molecule has 0 bridgehead atoms. The molecular formula is C14H15N3O2. The highest BCUT2D eigenvalue weighted by Gasteiger charge is 2.07. The molecule has 0 fully saturated rings. The van der Waals surface area contributed by atoms with E-state index in [2.05, 4.69) is 10.3 Å². The lowest BCUT2D eigenvalue weighted by atomic mass is 10.2. The van der Waals surface area contributed by atoms with E-state index in [0.717, 1.165) is 11.4 Å². The van der Waals surface area contributed by atoms with Gasteiger partial charge in [-0.3, -0.25) is 4.98 Å². The van der Waals surface area contributed by atoms with Crippen molar-refractivity contribution < 1.29 is 9.53 Å². The number of benzene rings is 1. The Hall–Kier alpha value is -2.56. The van der Waals surface area contributed by atoms with Crippen molar-refractivity contribution in [1.82, 2.24) is 4.98 Å². The summed E-state index contributed by atoms with van der Waals surface area (Å²) < 4.78 is 4.96. The van der Waals surface area contributed by atoms with Crippen LogP contribution in [0.1, 0.15) is 17.3 Å². The van der Waals surface area contributed by atoms with Crippen LogP contribution in [0.4, 0.5) is 17.1 Å². The Morgan fingerprint density at radius 3 is 3.00 bits per heavy atom. The highest BCUT2D eigenvalue weighted by molar-refractivity contribution is 5.91. The summed E-state index contributed by atoms with van der Waals surface area (Å²) in [5.74, 6) is -0.339. The highest BCUT2D eigenvalue weighted by Crippen LogP contribution is 2.22. The van der Waals surface area contributed by atoms with Crippen LogP contribution in [0.3, 0.4) is 0 Å². The number of nitrogens with zero attached hydrogens (tertiary/aromatic N) is 1. The van der Waals surface area contributed by atoms with Crippen LogP contribution in [-0.2, 0) is 4.74 Å². The minimum Gasteiger partial charge on any atom is -0.462 e. The van der Waals surface area contributed by atoms with Crippen molar-refractivity contribution in [3.05, 3.63) is 48.3 Å². The van der Waals surface area contributed by atoms with Crippen LogP contribution in [0.25, 0.3) is 0 Å². The van der Waals surface area contributed by atoms with E-state index in [1.54, 1.807) is 43.6 Å². The van der Waals surface area contributed by atoms with Crippen molar-refractivity contribution in [2.24, 2.45) is 0 Å². The van der Waals surface area contributed by atoms with Gasteiger partial charge in [0.1, 0.15) is 0 Å². The maximum atomic E-state index is 11.6.